The first kappa shape index (κ1) is 8.81. The summed E-state index contributed by atoms with van der Waals surface area (Å²) in [5, 5.41) is 10.5. The molecule has 0 saturated heterocycles. The molecule has 72 valence electrons. The van der Waals surface area contributed by atoms with Crippen LogP contribution in [0, 0.1) is 5.82 Å². The van der Waals surface area contributed by atoms with E-state index in [0.717, 1.165) is 0 Å². The van der Waals surface area contributed by atoms with Crippen molar-refractivity contribution in [2.75, 3.05) is 7.11 Å². The highest BCUT2D eigenvalue weighted by molar-refractivity contribution is 5.90. The molecular formula is C11H9FO2. The maximum Gasteiger partial charge on any atom is 0.165 e. The molecule has 0 heterocycles. The number of aromatic hydroxyl groups is 1. The Labute approximate surface area is 80.6 Å². The molecule has 0 spiro atoms. The third-order valence-electron chi connectivity index (χ3n) is 2.16. The van der Waals surface area contributed by atoms with Gasteiger partial charge in [0.05, 0.1) is 7.11 Å². The van der Waals surface area contributed by atoms with E-state index < -0.39 is 0 Å². The molecule has 0 fully saturated rings. The van der Waals surface area contributed by atoms with E-state index >= 15 is 0 Å². The third kappa shape index (κ3) is 1.18. The number of fused-ring (bicyclic) bond motifs is 1. The van der Waals surface area contributed by atoms with Crippen LogP contribution in [0.15, 0.2) is 30.3 Å². The van der Waals surface area contributed by atoms with Gasteiger partial charge in [-0.25, -0.2) is 4.39 Å². The van der Waals surface area contributed by atoms with Crippen molar-refractivity contribution < 1.29 is 14.2 Å². The minimum Gasteiger partial charge on any atom is -0.504 e. The molecule has 2 nitrogen and oxygen atoms in total. The number of methoxy groups -OCH3 is 1. The normalized spacial score (nSPS) is 10.4. The van der Waals surface area contributed by atoms with E-state index in [-0.39, 0.29) is 11.6 Å². The quantitative estimate of drug-likeness (QED) is 0.752. The standard InChI is InChI=1S/C11H9FO2/c1-14-10-6-5-7-8(11(10)13)3-2-4-9(7)12/h2-6,13H,1H3. The smallest absolute Gasteiger partial charge is 0.165 e. The van der Waals surface area contributed by atoms with Gasteiger partial charge >= 0.3 is 0 Å². The molecule has 0 bridgehead atoms. The predicted octanol–water partition coefficient (Wildman–Crippen LogP) is 2.69. The second kappa shape index (κ2) is 3.18. The first-order chi connectivity index (χ1) is 6.74. The minimum atomic E-state index is -0.347. The van der Waals surface area contributed by atoms with Gasteiger partial charge in [-0.15, -0.1) is 0 Å². The molecule has 2 rings (SSSR count). The first-order valence-corrected chi connectivity index (χ1v) is 4.18. The van der Waals surface area contributed by atoms with Crippen LogP contribution in [-0.4, -0.2) is 12.2 Å². The summed E-state index contributed by atoms with van der Waals surface area (Å²) in [6.45, 7) is 0. The van der Waals surface area contributed by atoms with E-state index in [1.165, 1.54) is 13.2 Å². The SMILES string of the molecule is COc1ccc2c(F)cccc2c1O. The fourth-order valence-electron chi connectivity index (χ4n) is 1.45. The molecule has 14 heavy (non-hydrogen) atoms. The Bertz CT molecular complexity index is 480. The van der Waals surface area contributed by atoms with Crippen molar-refractivity contribution in [1.82, 2.24) is 0 Å². The van der Waals surface area contributed by atoms with Crippen LogP contribution in [0.3, 0.4) is 0 Å². The molecule has 0 unspecified atom stereocenters. The topological polar surface area (TPSA) is 29.5 Å². The number of benzene rings is 2. The molecular weight excluding hydrogens is 183 g/mol. The Balaban J connectivity index is 2.84. The van der Waals surface area contributed by atoms with Crippen LogP contribution in [0.4, 0.5) is 4.39 Å². The lowest BCUT2D eigenvalue weighted by atomic mass is 10.1. The second-order valence-corrected chi connectivity index (χ2v) is 2.95. The Morgan fingerprint density at radius 3 is 2.64 bits per heavy atom. The van der Waals surface area contributed by atoms with E-state index in [0.29, 0.717) is 16.5 Å². The molecule has 0 aromatic heterocycles. The van der Waals surface area contributed by atoms with Gasteiger partial charge in [-0.2, -0.15) is 0 Å². The van der Waals surface area contributed by atoms with Crippen LogP contribution in [0.2, 0.25) is 0 Å². The molecule has 2 aromatic carbocycles. The zero-order chi connectivity index (χ0) is 10.1. The predicted molar refractivity (Wildman–Crippen MR) is 52.1 cm³/mol. The van der Waals surface area contributed by atoms with Gasteiger partial charge in [-0.3, -0.25) is 0 Å². The van der Waals surface area contributed by atoms with Crippen LogP contribution >= 0.6 is 0 Å². The molecule has 0 atom stereocenters. The molecule has 2 aromatic rings. The Hall–Kier alpha value is -1.77. The Morgan fingerprint density at radius 1 is 1.14 bits per heavy atom. The van der Waals surface area contributed by atoms with Crippen LogP contribution < -0.4 is 4.74 Å². The molecule has 0 aliphatic carbocycles. The van der Waals surface area contributed by atoms with Crippen molar-refractivity contribution in [2.45, 2.75) is 0 Å². The van der Waals surface area contributed by atoms with Crippen LogP contribution in [-0.2, 0) is 0 Å². The summed E-state index contributed by atoms with van der Waals surface area (Å²) in [7, 11) is 1.46. The Kier molecular flexibility index (Phi) is 2.00. The van der Waals surface area contributed by atoms with E-state index in [9.17, 15) is 9.50 Å². The number of phenols is 1. The maximum atomic E-state index is 13.2. The van der Waals surface area contributed by atoms with Gasteiger partial charge in [-0.1, -0.05) is 12.1 Å². The summed E-state index contributed by atoms with van der Waals surface area (Å²) in [5.41, 5.74) is 0. The largest absolute Gasteiger partial charge is 0.504 e. The van der Waals surface area contributed by atoms with Gasteiger partial charge in [0.25, 0.3) is 0 Å². The number of phenolic OH excluding ortho intramolecular Hbond substituents is 1. The molecule has 1 N–H and O–H groups in total. The van der Waals surface area contributed by atoms with Crippen LogP contribution in [0.5, 0.6) is 11.5 Å². The summed E-state index contributed by atoms with van der Waals surface area (Å²) in [6.07, 6.45) is 0. The average molecular weight is 192 g/mol. The summed E-state index contributed by atoms with van der Waals surface area (Å²) < 4.78 is 18.2. The van der Waals surface area contributed by atoms with Crippen molar-refractivity contribution in [1.29, 1.82) is 0 Å². The molecule has 0 radical (unpaired) electrons. The van der Waals surface area contributed by atoms with Gasteiger partial charge in [0.2, 0.25) is 0 Å². The first-order valence-electron chi connectivity index (χ1n) is 4.18. The molecule has 0 amide bonds. The summed E-state index contributed by atoms with van der Waals surface area (Å²) in [5.74, 6) is -0.0203. The van der Waals surface area contributed by atoms with E-state index in [4.69, 9.17) is 4.74 Å². The van der Waals surface area contributed by atoms with E-state index in [1.54, 1.807) is 24.3 Å². The lowest BCUT2D eigenvalue weighted by Crippen LogP contribution is -1.86. The second-order valence-electron chi connectivity index (χ2n) is 2.95. The van der Waals surface area contributed by atoms with Crippen LogP contribution in [0.25, 0.3) is 10.8 Å². The van der Waals surface area contributed by atoms with Crippen molar-refractivity contribution in [3.05, 3.63) is 36.1 Å². The van der Waals surface area contributed by atoms with Crippen molar-refractivity contribution in [3.63, 3.8) is 0 Å². The molecule has 0 aliphatic rings. The lowest BCUT2D eigenvalue weighted by Gasteiger charge is -2.06. The molecule has 0 saturated carbocycles. The van der Waals surface area contributed by atoms with Gasteiger partial charge in [-0.05, 0) is 18.2 Å². The highest BCUT2D eigenvalue weighted by atomic mass is 19.1. The van der Waals surface area contributed by atoms with Crippen molar-refractivity contribution in [2.24, 2.45) is 0 Å². The highest BCUT2D eigenvalue weighted by Crippen LogP contribution is 2.34. The number of hydrogen-bond acceptors (Lipinski definition) is 2. The monoisotopic (exact) mass is 192 g/mol. The lowest BCUT2D eigenvalue weighted by molar-refractivity contribution is 0.376. The molecule has 3 heteroatoms. The highest BCUT2D eigenvalue weighted by Gasteiger charge is 2.08. The summed E-state index contributed by atoms with van der Waals surface area (Å²) >= 11 is 0. The molecule has 0 aliphatic heterocycles. The number of rotatable bonds is 1. The fraction of sp³-hybridized carbons (Fsp3) is 0.0909. The maximum absolute atomic E-state index is 13.2. The average Bonchev–Trinajstić information content (AvgIpc) is 2.20. The number of ether oxygens (including phenoxy) is 1. The zero-order valence-corrected chi connectivity index (χ0v) is 7.62. The zero-order valence-electron chi connectivity index (χ0n) is 7.62. The third-order valence-corrected chi connectivity index (χ3v) is 2.16. The number of hydrogen-bond donors (Lipinski definition) is 1. The van der Waals surface area contributed by atoms with Crippen LogP contribution in [0.1, 0.15) is 0 Å². The summed E-state index contributed by atoms with van der Waals surface area (Å²) in [4.78, 5) is 0. The van der Waals surface area contributed by atoms with Gasteiger partial charge in [0.15, 0.2) is 11.5 Å². The van der Waals surface area contributed by atoms with Gasteiger partial charge < -0.3 is 9.84 Å². The van der Waals surface area contributed by atoms with Gasteiger partial charge in [0, 0.05) is 10.8 Å². The van der Waals surface area contributed by atoms with Crippen molar-refractivity contribution in [3.8, 4) is 11.5 Å². The fourth-order valence-corrected chi connectivity index (χ4v) is 1.45. The minimum absolute atomic E-state index is 0.0236. The van der Waals surface area contributed by atoms with E-state index in [1.807, 2.05) is 0 Å². The van der Waals surface area contributed by atoms with Gasteiger partial charge in [0.1, 0.15) is 5.82 Å². The Morgan fingerprint density at radius 2 is 1.93 bits per heavy atom. The van der Waals surface area contributed by atoms with E-state index in [2.05, 4.69) is 0 Å². The number of halogens is 1. The van der Waals surface area contributed by atoms with Crippen molar-refractivity contribution >= 4 is 10.8 Å². The summed E-state index contributed by atoms with van der Waals surface area (Å²) in [6, 6.07) is 7.69.